The van der Waals surface area contributed by atoms with E-state index in [2.05, 4.69) is 4.98 Å². The lowest BCUT2D eigenvalue weighted by molar-refractivity contribution is 0.302. The molecule has 0 radical (unpaired) electrons. The van der Waals surface area contributed by atoms with Crippen LogP contribution in [0.4, 0.5) is 4.39 Å². The molecule has 0 saturated carbocycles. The van der Waals surface area contributed by atoms with Crippen LogP contribution >= 0.6 is 0 Å². The van der Waals surface area contributed by atoms with Gasteiger partial charge in [0.05, 0.1) is 5.69 Å². The summed E-state index contributed by atoms with van der Waals surface area (Å²) in [7, 11) is 1.67. The Morgan fingerprint density at radius 1 is 1.07 bits per heavy atom. The van der Waals surface area contributed by atoms with E-state index < -0.39 is 0 Å². The average molecular weight is 363 g/mol. The zero-order valence-corrected chi connectivity index (χ0v) is 15.0. The number of halogens is 1. The van der Waals surface area contributed by atoms with Crippen LogP contribution in [-0.4, -0.2) is 14.0 Å². The van der Waals surface area contributed by atoms with Gasteiger partial charge in [0.2, 0.25) is 0 Å². The molecule has 2 aromatic carbocycles. The van der Waals surface area contributed by atoms with Gasteiger partial charge in [-0.15, -0.1) is 0 Å². The predicted octanol–water partition coefficient (Wildman–Crippen LogP) is 3.73. The number of hydrogen-bond acceptors (Lipinski definition) is 3. The minimum Gasteiger partial charge on any atom is -0.487 e. The average Bonchev–Trinajstić information content (AvgIpc) is 3.10. The zero-order valence-electron chi connectivity index (χ0n) is 15.0. The number of imidazole rings is 1. The van der Waals surface area contributed by atoms with Gasteiger partial charge in [0.1, 0.15) is 18.2 Å². The van der Waals surface area contributed by atoms with Gasteiger partial charge in [-0.2, -0.15) is 0 Å². The summed E-state index contributed by atoms with van der Waals surface area (Å²) in [5.41, 5.74) is 3.19. The number of benzene rings is 2. The molecule has 0 unspecified atom stereocenters. The van der Waals surface area contributed by atoms with Crippen molar-refractivity contribution in [3.05, 3.63) is 88.5 Å². The highest BCUT2D eigenvalue weighted by molar-refractivity contribution is 5.79. The maximum atomic E-state index is 13.8. The fourth-order valence-electron chi connectivity index (χ4n) is 3.06. The second kappa shape index (κ2) is 6.72. The SMILES string of the molecule is Cc1ccc(F)cc1-c1cn(C)c(=O)n2cc(COc3ccccc3)nc12. The number of aromatic nitrogens is 3. The third-order valence-electron chi connectivity index (χ3n) is 4.45. The molecule has 2 aromatic heterocycles. The van der Waals surface area contributed by atoms with Crippen molar-refractivity contribution in [3.8, 4) is 16.9 Å². The molecule has 0 atom stereocenters. The molecule has 27 heavy (non-hydrogen) atoms. The normalized spacial score (nSPS) is 11.1. The maximum absolute atomic E-state index is 13.8. The van der Waals surface area contributed by atoms with Crippen molar-refractivity contribution in [3.63, 3.8) is 0 Å². The molecule has 0 saturated heterocycles. The second-order valence-corrected chi connectivity index (χ2v) is 6.42. The van der Waals surface area contributed by atoms with Gasteiger partial charge in [0.15, 0.2) is 5.65 Å². The Labute approximate surface area is 155 Å². The van der Waals surface area contributed by atoms with Crippen molar-refractivity contribution < 1.29 is 9.13 Å². The molecule has 0 amide bonds. The van der Waals surface area contributed by atoms with Crippen LogP contribution in [0.25, 0.3) is 16.8 Å². The van der Waals surface area contributed by atoms with Gasteiger partial charge < -0.3 is 9.30 Å². The van der Waals surface area contributed by atoms with Gasteiger partial charge in [-0.1, -0.05) is 24.3 Å². The van der Waals surface area contributed by atoms with Crippen LogP contribution in [0.15, 0.2) is 65.7 Å². The van der Waals surface area contributed by atoms with Crippen molar-refractivity contribution in [2.45, 2.75) is 13.5 Å². The Hall–Kier alpha value is -3.41. The van der Waals surface area contributed by atoms with E-state index in [0.717, 1.165) is 11.3 Å². The van der Waals surface area contributed by atoms with E-state index in [0.29, 0.717) is 22.5 Å². The summed E-state index contributed by atoms with van der Waals surface area (Å²) in [5.74, 6) is 0.394. The first-order valence-corrected chi connectivity index (χ1v) is 8.55. The lowest BCUT2D eigenvalue weighted by atomic mass is 10.0. The number of aryl methyl sites for hydroxylation is 2. The smallest absolute Gasteiger partial charge is 0.333 e. The molecule has 0 bridgehead atoms. The largest absolute Gasteiger partial charge is 0.487 e. The number of fused-ring (bicyclic) bond motifs is 1. The Kier molecular flexibility index (Phi) is 4.24. The van der Waals surface area contributed by atoms with Crippen molar-refractivity contribution in [2.75, 3.05) is 0 Å². The molecule has 0 fully saturated rings. The van der Waals surface area contributed by atoms with Crippen LogP contribution in [0, 0.1) is 12.7 Å². The number of hydrogen-bond donors (Lipinski definition) is 0. The summed E-state index contributed by atoms with van der Waals surface area (Å²) in [5, 5.41) is 0. The number of nitrogens with zero attached hydrogens (tertiary/aromatic N) is 3. The number of ether oxygens (including phenoxy) is 1. The standard InChI is InChI=1S/C21H18FN3O2/c1-14-8-9-15(22)10-18(14)19-12-24(2)21(26)25-11-16(23-20(19)25)13-27-17-6-4-3-5-7-17/h3-12H,13H2,1-2H3. The van der Waals surface area contributed by atoms with Crippen LogP contribution < -0.4 is 10.4 Å². The lowest BCUT2D eigenvalue weighted by Crippen LogP contribution is -2.23. The molecular weight excluding hydrogens is 345 g/mol. The van der Waals surface area contributed by atoms with Crippen molar-refractivity contribution in [2.24, 2.45) is 7.05 Å². The van der Waals surface area contributed by atoms with Gasteiger partial charge in [-0.25, -0.2) is 14.2 Å². The highest BCUT2D eigenvalue weighted by atomic mass is 19.1. The summed E-state index contributed by atoms with van der Waals surface area (Å²) in [6.07, 6.45) is 3.35. The van der Waals surface area contributed by atoms with E-state index in [-0.39, 0.29) is 18.1 Å². The molecule has 4 aromatic rings. The third-order valence-corrected chi connectivity index (χ3v) is 4.45. The maximum Gasteiger partial charge on any atom is 0.333 e. The molecule has 0 N–H and O–H groups in total. The van der Waals surface area contributed by atoms with Crippen LogP contribution in [-0.2, 0) is 13.7 Å². The zero-order chi connectivity index (χ0) is 19.0. The molecule has 6 heteroatoms. The number of rotatable bonds is 4. The molecule has 136 valence electrons. The summed E-state index contributed by atoms with van der Waals surface area (Å²) in [6.45, 7) is 2.13. The van der Waals surface area contributed by atoms with Gasteiger partial charge >= 0.3 is 5.69 Å². The van der Waals surface area contributed by atoms with Gasteiger partial charge in [-0.3, -0.25) is 4.40 Å². The first kappa shape index (κ1) is 17.0. The molecule has 0 aliphatic heterocycles. The Morgan fingerprint density at radius 3 is 2.63 bits per heavy atom. The molecule has 0 aliphatic carbocycles. The topological polar surface area (TPSA) is 48.5 Å². The van der Waals surface area contributed by atoms with Crippen LogP contribution in [0.1, 0.15) is 11.3 Å². The van der Waals surface area contributed by atoms with E-state index in [1.807, 2.05) is 37.3 Å². The Bertz CT molecular complexity index is 1180. The van der Waals surface area contributed by atoms with Gasteiger partial charge in [0.25, 0.3) is 0 Å². The van der Waals surface area contributed by atoms with Crippen LogP contribution in [0.3, 0.4) is 0 Å². The van der Waals surface area contributed by atoms with E-state index in [1.54, 1.807) is 25.5 Å². The van der Waals surface area contributed by atoms with Crippen LogP contribution in [0.2, 0.25) is 0 Å². The molecule has 0 aliphatic rings. The molecule has 0 spiro atoms. The fourth-order valence-corrected chi connectivity index (χ4v) is 3.06. The van der Waals surface area contributed by atoms with Gasteiger partial charge in [0, 0.05) is 25.0 Å². The molecule has 4 rings (SSSR count). The summed E-state index contributed by atoms with van der Waals surface area (Å²) in [6, 6.07) is 14.0. The van der Waals surface area contributed by atoms with Crippen molar-refractivity contribution in [1.82, 2.24) is 14.0 Å². The van der Waals surface area contributed by atoms with E-state index >= 15 is 0 Å². The first-order valence-electron chi connectivity index (χ1n) is 8.55. The second-order valence-electron chi connectivity index (χ2n) is 6.42. The van der Waals surface area contributed by atoms with Crippen LogP contribution in [0.5, 0.6) is 5.75 Å². The quantitative estimate of drug-likeness (QED) is 0.555. The first-order chi connectivity index (χ1) is 13.0. The molecule has 2 heterocycles. The minimum absolute atomic E-state index is 0.221. The van der Waals surface area contributed by atoms with E-state index in [9.17, 15) is 9.18 Å². The minimum atomic E-state index is -0.332. The summed E-state index contributed by atoms with van der Waals surface area (Å²) >= 11 is 0. The van der Waals surface area contributed by atoms with E-state index in [4.69, 9.17) is 4.74 Å². The lowest BCUT2D eigenvalue weighted by Gasteiger charge is -2.09. The number of para-hydroxylation sites is 1. The fraction of sp³-hybridized carbons (Fsp3) is 0.143. The highest BCUT2D eigenvalue weighted by Crippen LogP contribution is 2.27. The third kappa shape index (κ3) is 3.21. The summed E-state index contributed by atoms with van der Waals surface area (Å²) in [4.78, 5) is 17.1. The summed E-state index contributed by atoms with van der Waals surface area (Å²) < 4.78 is 22.5. The van der Waals surface area contributed by atoms with Crippen molar-refractivity contribution >= 4 is 5.65 Å². The predicted molar refractivity (Wildman–Crippen MR) is 101 cm³/mol. The molecular formula is C21H18FN3O2. The molecule has 5 nitrogen and oxygen atoms in total. The monoisotopic (exact) mass is 363 g/mol. The highest BCUT2D eigenvalue weighted by Gasteiger charge is 2.15. The van der Waals surface area contributed by atoms with Gasteiger partial charge in [-0.05, 0) is 42.3 Å². The Balaban J connectivity index is 1.81. The Morgan fingerprint density at radius 2 is 1.85 bits per heavy atom. The van der Waals surface area contributed by atoms with Crippen molar-refractivity contribution in [1.29, 1.82) is 0 Å². The van der Waals surface area contributed by atoms with E-state index in [1.165, 1.54) is 21.1 Å².